The monoisotopic (exact) mass is 790 g/mol. The van der Waals surface area contributed by atoms with Crippen LogP contribution >= 0.6 is 7.60 Å². The maximum absolute atomic E-state index is 11.8. The molecule has 0 bridgehead atoms. The minimum absolute atomic E-state index is 0. The molecule has 2 atom stereocenters. The van der Waals surface area contributed by atoms with Gasteiger partial charge in [0.15, 0.2) is 29.8 Å². The summed E-state index contributed by atoms with van der Waals surface area (Å²) in [6, 6.07) is 0. The Morgan fingerprint density at radius 3 is 1.38 bits per heavy atom. The van der Waals surface area contributed by atoms with E-state index in [2.05, 4.69) is 86.3 Å². The van der Waals surface area contributed by atoms with Gasteiger partial charge in [-0.25, -0.2) is 4.79 Å². The van der Waals surface area contributed by atoms with Gasteiger partial charge in [0.25, 0.3) is 0 Å². The van der Waals surface area contributed by atoms with Crippen LogP contribution in [0.4, 0.5) is 26.3 Å². The predicted molar refractivity (Wildman–Crippen MR) is 172 cm³/mol. The Morgan fingerprint density at radius 1 is 0.750 bits per heavy atom. The third-order valence-corrected chi connectivity index (χ3v) is 17.7. The molecule has 0 rings (SSSR count). The van der Waals surface area contributed by atoms with Crippen LogP contribution in [0.2, 0.25) is 36.3 Å². The van der Waals surface area contributed by atoms with Gasteiger partial charge in [-0.05, 0) is 50.1 Å². The van der Waals surface area contributed by atoms with Gasteiger partial charge in [0.05, 0.1) is 26.4 Å². The van der Waals surface area contributed by atoms with Crippen LogP contribution in [0.5, 0.6) is 0 Å². The molecule has 0 N–H and O–H groups in total. The van der Waals surface area contributed by atoms with Crippen LogP contribution in [0.25, 0.3) is 0 Å². The number of hydrogen-bond acceptors (Lipinski definition) is 10. The van der Waals surface area contributed by atoms with E-state index in [1.807, 2.05) is 6.92 Å². The third kappa shape index (κ3) is 27.8. The number of ether oxygens (including phenoxy) is 2. The Morgan fingerprint density at radius 2 is 1.10 bits per heavy atom. The predicted octanol–water partition coefficient (Wildman–Crippen LogP) is 5.35. The van der Waals surface area contributed by atoms with E-state index < -0.39 is 61.9 Å². The van der Waals surface area contributed by atoms with E-state index in [0.29, 0.717) is 0 Å². The second kappa shape index (κ2) is 22.9. The molecule has 0 heterocycles. The largest absolute Gasteiger partial charge is 1.00 e. The summed E-state index contributed by atoms with van der Waals surface area (Å²) in [5.41, 5.74) is 0. The van der Waals surface area contributed by atoms with Gasteiger partial charge in [-0.1, -0.05) is 47.6 Å². The molecule has 0 aliphatic carbocycles. The molecule has 0 aromatic rings. The zero-order valence-electron chi connectivity index (χ0n) is 31.8. The number of alkyl halides is 6. The average Bonchev–Trinajstić information content (AvgIpc) is 2.87. The fourth-order valence-electron chi connectivity index (χ4n) is 2.33. The molecule has 0 spiro atoms. The molecule has 0 saturated heterocycles. The van der Waals surface area contributed by atoms with Crippen molar-refractivity contribution in [1.29, 1.82) is 0 Å². The van der Waals surface area contributed by atoms with Crippen molar-refractivity contribution in [3.05, 3.63) is 12.2 Å². The second-order valence-electron chi connectivity index (χ2n) is 13.3. The van der Waals surface area contributed by atoms with E-state index in [0.717, 1.165) is 13.4 Å². The number of halogens is 6. The summed E-state index contributed by atoms with van der Waals surface area (Å²) in [4.78, 5) is 32.1. The Hall–Kier alpha value is 0.0701. The van der Waals surface area contributed by atoms with Crippen molar-refractivity contribution in [3.8, 4) is 0 Å². The molecular weight excluding hydrogens is 737 g/mol. The minimum Gasteiger partial charge on any atom is -1.00 e. The first-order valence-electron chi connectivity index (χ1n) is 14.3. The Labute approximate surface area is 327 Å². The molecule has 20 heteroatoms. The molecule has 0 aromatic heterocycles. The number of carbonyl (C=O) groups excluding carboxylic acids is 3. The van der Waals surface area contributed by atoms with Crippen molar-refractivity contribution < 1.29 is 125 Å². The molecule has 1 unspecified atom stereocenters. The van der Waals surface area contributed by atoms with Crippen LogP contribution < -0.4 is 51.4 Å². The van der Waals surface area contributed by atoms with Gasteiger partial charge in [0.2, 0.25) is 0 Å². The van der Waals surface area contributed by atoms with Crippen LogP contribution in [0.15, 0.2) is 12.2 Å². The Bertz CT molecular complexity index is 1030. The standard InChI is InChI=1S/C12H24O3Si.C9H20O2Si.C7H9F6O5P.K.H/c1-10(8-9-11(13)14-5)15-16(6,7)12(2,3)4;1-8(7-10)11-12(5,6)9(2,3)4;1-16-5(14)2-19(15,17-3-6(8,9)10)18-4-7(11,12)13;;/h8-10H,1-7H3;7-8H,1-6H3;2-4H2,1H3;;/q;;;+1;-1/b9-8-;;;;/t10-;;;;/m0..../s1. The molecule has 10 nitrogen and oxygen atoms in total. The van der Waals surface area contributed by atoms with E-state index >= 15 is 0 Å². The van der Waals surface area contributed by atoms with Crippen LogP contribution in [0.3, 0.4) is 0 Å². The first-order chi connectivity index (χ1) is 20.7. The Balaban J connectivity index is -0.000000198. The van der Waals surface area contributed by atoms with Crippen molar-refractivity contribution in [3.63, 3.8) is 0 Å². The van der Waals surface area contributed by atoms with E-state index in [1.54, 1.807) is 13.0 Å². The molecular formula is C28H54F6KO10PSi2. The molecule has 282 valence electrons. The van der Waals surface area contributed by atoms with Crippen LogP contribution in [-0.2, 0) is 46.3 Å². The second-order valence-corrected chi connectivity index (χ2v) is 24.9. The zero-order valence-corrected chi connectivity index (χ0v) is 36.8. The number of carbonyl (C=O) groups is 3. The average molecular weight is 791 g/mol. The number of hydrogen-bond donors (Lipinski definition) is 0. The molecule has 0 aliphatic rings. The minimum atomic E-state index is -4.94. The summed E-state index contributed by atoms with van der Waals surface area (Å²) < 4.78 is 110. The summed E-state index contributed by atoms with van der Waals surface area (Å²) in [5.74, 6) is -1.67. The van der Waals surface area contributed by atoms with E-state index in [4.69, 9.17) is 8.85 Å². The molecule has 0 amide bonds. The fourth-order valence-corrected chi connectivity index (χ4v) is 6.42. The summed E-state index contributed by atoms with van der Waals surface area (Å²) in [6.45, 7) is 21.3. The molecule has 0 saturated carbocycles. The quantitative estimate of drug-likeness (QED) is 0.0603. The van der Waals surface area contributed by atoms with Crippen LogP contribution in [0.1, 0.15) is 56.8 Å². The van der Waals surface area contributed by atoms with Crippen molar-refractivity contribution >= 4 is 42.5 Å². The molecule has 0 aromatic carbocycles. The van der Waals surface area contributed by atoms with Gasteiger partial charge in [-0.2, -0.15) is 26.3 Å². The normalized spacial score (nSPS) is 14.3. The van der Waals surface area contributed by atoms with E-state index in [-0.39, 0.29) is 81.1 Å². The van der Waals surface area contributed by atoms with Crippen molar-refractivity contribution in [2.75, 3.05) is 33.6 Å². The molecule has 0 fully saturated rings. The smallest absolute Gasteiger partial charge is 1.00 e. The van der Waals surface area contributed by atoms with Gasteiger partial charge in [0.1, 0.15) is 12.4 Å². The van der Waals surface area contributed by atoms with Crippen LogP contribution in [-0.4, -0.2) is 93.0 Å². The fraction of sp³-hybridized carbons (Fsp3) is 0.821. The first kappa shape index (κ1) is 54.8. The van der Waals surface area contributed by atoms with Gasteiger partial charge >= 0.3 is 83.3 Å². The van der Waals surface area contributed by atoms with E-state index in [1.165, 1.54) is 13.2 Å². The summed E-state index contributed by atoms with van der Waals surface area (Å²) >= 11 is 0. The Kier molecular flexibility index (Phi) is 26.1. The van der Waals surface area contributed by atoms with Crippen LogP contribution in [0, 0.1) is 0 Å². The van der Waals surface area contributed by atoms with Crippen molar-refractivity contribution in [1.82, 2.24) is 0 Å². The topological polar surface area (TPSA) is 124 Å². The maximum atomic E-state index is 11.8. The number of methoxy groups -OCH3 is 2. The SMILES string of the molecule is CC(C=O)O[Si](C)(C)C(C)(C)C.COC(=O)/C=C\[C@H](C)O[Si](C)(C)C(C)(C)C.COC(=O)CP(=O)(OCC(F)(F)F)OCC(F)(F)F.[H-].[K+]. The third-order valence-electron chi connectivity index (χ3n) is 6.87. The molecule has 0 radical (unpaired) electrons. The van der Waals surface area contributed by atoms with Crippen molar-refractivity contribution in [2.24, 2.45) is 0 Å². The van der Waals surface area contributed by atoms with Gasteiger partial charge < -0.3 is 24.5 Å². The number of esters is 2. The maximum Gasteiger partial charge on any atom is 1.00 e. The van der Waals surface area contributed by atoms with Crippen molar-refractivity contribution in [2.45, 2.75) is 116 Å². The first-order valence-corrected chi connectivity index (χ1v) is 21.9. The molecule has 0 aliphatic heterocycles. The zero-order chi connectivity index (χ0) is 38.3. The number of aldehydes is 1. The summed E-state index contributed by atoms with van der Waals surface area (Å²) in [6.07, 6.45) is -7.52. The van der Waals surface area contributed by atoms with Gasteiger partial charge in [0, 0.05) is 6.08 Å². The summed E-state index contributed by atoms with van der Waals surface area (Å²) in [5, 5.41) is 0.366. The molecule has 48 heavy (non-hydrogen) atoms. The van der Waals surface area contributed by atoms with Gasteiger partial charge in [-0.15, -0.1) is 0 Å². The summed E-state index contributed by atoms with van der Waals surface area (Å²) in [7, 11) is -6.20. The van der Waals surface area contributed by atoms with E-state index in [9.17, 15) is 45.3 Å². The van der Waals surface area contributed by atoms with Gasteiger partial charge in [-0.3, -0.25) is 18.4 Å². The number of rotatable bonds is 13.